The van der Waals surface area contributed by atoms with E-state index in [1.807, 2.05) is 0 Å². The second-order valence-corrected chi connectivity index (χ2v) is 7.75. The summed E-state index contributed by atoms with van der Waals surface area (Å²) in [6, 6.07) is 0. The summed E-state index contributed by atoms with van der Waals surface area (Å²) in [5.41, 5.74) is 1.81. The molecule has 3 aliphatic rings. The van der Waals surface area contributed by atoms with Gasteiger partial charge in [-0.1, -0.05) is 41.5 Å². The molecule has 6 atom stereocenters. The van der Waals surface area contributed by atoms with E-state index in [4.69, 9.17) is 0 Å². The largest absolute Gasteiger partial charge is 0.0617 e. The van der Waals surface area contributed by atoms with E-state index in [1.54, 1.807) is 0 Å². The second-order valence-electron chi connectivity index (χ2n) is 7.75. The van der Waals surface area contributed by atoms with Crippen LogP contribution in [0.3, 0.4) is 0 Å². The fourth-order valence-electron chi connectivity index (χ4n) is 6.45. The number of hydrogen-bond acceptors (Lipinski definition) is 0. The molecule has 0 aromatic heterocycles. The highest BCUT2D eigenvalue weighted by molar-refractivity contribution is 5.25. The molecule has 0 spiro atoms. The van der Waals surface area contributed by atoms with E-state index < -0.39 is 0 Å². The molecule has 2 bridgehead atoms. The van der Waals surface area contributed by atoms with Gasteiger partial charge in [-0.15, -0.1) is 0 Å². The molecule has 0 heterocycles. The molecule has 0 radical (unpaired) electrons. The van der Waals surface area contributed by atoms with Crippen molar-refractivity contribution in [3.63, 3.8) is 0 Å². The summed E-state index contributed by atoms with van der Waals surface area (Å²) in [6.45, 7) is 15.3. The lowest BCUT2D eigenvalue weighted by atomic mass is 9.31. The van der Waals surface area contributed by atoms with Gasteiger partial charge < -0.3 is 0 Å². The Kier molecular flexibility index (Phi) is 1.57. The van der Waals surface area contributed by atoms with Gasteiger partial charge >= 0.3 is 0 Å². The summed E-state index contributed by atoms with van der Waals surface area (Å²) in [6.07, 6.45) is 3.00. The quantitative estimate of drug-likeness (QED) is 0.553. The van der Waals surface area contributed by atoms with E-state index in [0.29, 0.717) is 16.2 Å². The standard InChI is InChI=1S/C15H26/c1-9-11-7-12-10(2)15(6,14(9,12)5)13(3,4)8-11/h9-12H,7-8H2,1-6H3. The number of hydrogen-bond donors (Lipinski definition) is 0. The Morgan fingerprint density at radius 3 is 2.13 bits per heavy atom. The molecule has 6 unspecified atom stereocenters. The maximum atomic E-state index is 2.60. The van der Waals surface area contributed by atoms with Crippen LogP contribution in [-0.2, 0) is 0 Å². The van der Waals surface area contributed by atoms with Crippen molar-refractivity contribution >= 4 is 0 Å². The molecule has 3 fully saturated rings. The molecule has 86 valence electrons. The molecule has 0 aromatic rings. The zero-order chi connectivity index (χ0) is 11.2. The lowest BCUT2D eigenvalue weighted by molar-refractivity contribution is -0.259. The van der Waals surface area contributed by atoms with E-state index in [-0.39, 0.29) is 0 Å². The molecule has 3 aliphatic carbocycles. The van der Waals surface area contributed by atoms with E-state index in [1.165, 1.54) is 12.8 Å². The van der Waals surface area contributed by atoms with Crippen LogP contribution in [0.4, 0.5) is 0 Å². The first-order valence-corrected chi connectivity index (χ1v) is 6.77. The molecular weight excluding hydrogens is 180 g/mol. The fraction of sp³-hybridized carbons (Fsp3) is 1.00. The van der Waals surface area contributed by atoms with Crippen LogP contribution in [0.2, 0.25) is 0 Å². The number of fused-ring (bicyclic) bond motifs is 1. The maximum absolute atomic E-state index is 2.60. The Labute approximate surface area is 94.8 Å². The minimum Gasteiger partial charge on any atom is -0.0617 e. The van der Waals surface area contributed by atoms with Gasteiger partial charge in [-0.2, -0.15) is 0 Å². The van der Waals surface area contributed by atoms with Crippen LogP contribution in [0.5, 0.6) is 0 Å². The van der Waals surface area contributed by atoms with E-state index in [2.05, 4.69) is 41.5 Å². The van der Waals surface area contributed by atoms with Crippen molar-refractivity contribution in [2.45, 2.75) is 54.4 Å². The monoisotopic (exact) mass is 206 g/mol. The van der Waals surface area contributed by atoms with Gasteiger partial charge in [0.15, 0.2) is 0 Å². The molecule has 3 rings (SSSR count). The highest BCUT2D eigenvalue weighted by Crippen LogP contribution is 2.83. The second kappa shape index (κ2) is 2.31. The zero-order valence-corrected chi connectivity index (χ0v) is 11.2. The first-order valence-electron chi connectivity index (χ1n) is 6.77. The van der Waals surface area contributed by atoms with E-state index in [0.717, 1.165) is 23.7 Å². The van der Waals surface area contributed by atoms with Gasteiger partial charge in [-0.3, -0.25) is 0 Å². The van der Waals surface area contributed by atoms with Gasteiger partial charge in [0.2, 0.25) is 0 Å². The Balaban J connectivity index is 2.17. The first-order chi connectivity index (χ1) is 6.77. The van der Waals surface area contributed by atoms with Crippen LogP contribution in [0, 0.1) is 39.9 Å². The van der Waals surface area contributed by atoms with Gasteiger partial charge in [-0.25, -0.2) is 0 Å². The molecule has 0 nitrogen and oxygen atoms in total. The van der Waals surface area contributed by atoms with Crippen molar-refractivity contribution in [2.75, 3.05) is 0 Å². The number of rotatable bonds is 0. The van der Waals surface area contributed by atoms with Crippen LogP contribution >= 0.6 is 0 Å². The van der Waals surface area contributed by atoms with Gasteiger partial charge in [-0.05, 0) is 52.8 Å². The Hall–Kier alpha value is 0. The van der Waals surface area contributed by atoms with Crippen LogP contribution in [0.25, 0.3) is 0 Å². The predicted octanol–water partition coefficient (Wildman–Crippen LogP) is 4.35. The summed E-state index contributed by atoms with van der Waals surface area (Å²) < 4.78 is 0. The third kappa shape index (κ3) is 0.718. The summed E-state index contributed by atoms with van der Waals surface area (Å²) in [5.74, 6) is 3.97. The van der Waals surface area contributed by atoms with Crippen molar-refractivity contribution in [3.05, 3.63) is 0 Å². The normalized spacial score (nSPS) is 65.2. The zero-order valence-electron chi connectivity index (χ0n) is 11.2. The molecular formula is C15H26. The van der Waals surface area contributed by atoms with Gasteiger partial charge in [0.05, 0.1) is 0 Å². The van der Waals surface area contributed by atoms with E-state index >= 15 is 0 Å². The minimum atomic E-state index is 0.561. The predicted molar refractivity (Wildman–Crippen MR) is 64.5 cm³/mol. The van der Waals surface area contributed by atoms with Crippen molar-refractivity contribution < 1.29 is 0 Å². The molecule has 15 heavy (non-hydrogen) atoms. The highest BCUT2D eigenvalue weighted by atomic mass is 14.8. The third-order valence-electron chi connectivity index (χ3n) is 7.79. The average Bonchev–Trinajstić information content (AvgIpc) is 2.29. The van der Waals surface area contributed by atoms with E-state index in [9.17, 15) is 0 Å². The molecule has 0 heteroatoms. The smallest absolute Gasteiger partial charge is 0.0187 e. The molecule has 3 saturated carbocycles. The van der Waals surface area contributed by atoms with Gasteiger partial charge in [0, 0.05) is 0 Å². The molecule has 0 N–H and O–H groups in total. The lowest BCUT2D eigenvalue weighted by Crippen LogP contribution is -2.68. The SMILES string of the molecule is CC1C2CC3C(C)C(C)(C(C)(C)C2)C13C. The maximum Gasteiger partial charge on any atom is -0.0187 e. The first kappa shape index (κ1) is 10.2. The Morgan fingerprint density at radius 2 is 1.53 bits per heavy atom. The lowest BCUT2D eigenvalue weighted by Gasteiger charge is -2.73. The molecule has 0 aromatic carbocycles. The molecule has 0 amide bonds. The van der Waals surface area contributed by atoms with Crippen LogP contribution in [-0.4, -0.2) is 0 Å². The van der Waals surface area contributed by atoms with Gasteiger partial charge in [0.1, 0.15) is 0 Å². The van der Waals surface area contributed by atoms with Gasteiger partial charge in [0.25, 0.3) is 0 Å². The Bertz CT molecular complexity index is 316. The van der Waals surface area contributed by atoms with Crippen molar-refractivity contribution in [1.82, 2.24) is 0 Å². The third-order valence-corrected chi connectivity index (χ3v) is 7.79. The van der Waals surface area contributed by atoms with Crippen LogP contribution < -0.4 is 0 Å². The molecule has 0 aliphatic heterocycles. The summed E-state index contributed by atoms with van der Waals surface area (Å²) in [4.78, 5) is 0. The highest BCUT2D eigenvalue weighted by Gasteiger charge is 2.77. The molecule has 0 saturated heterocycles. The van der Waals surface area contributed by atoms with Crippen molar-refractivity contribution in [1.29, 1.82) is 0 Å². The summed E-state index contributed by atoms with van der Waals surface area (Å²) in [5, 5.41) is 0. The van der Waals surface area contributed by atoms with Crippen molar-refractivity contribution in [3.8, 4) is 0 Å². The summed E-state index contributed by atoms with van der Waals surface area (Å²) in [7, 11) is 0. The summed E-state index contributed by atoms with van der Waals surface area (Å²) >= 11 is 0. The average molecular weight is 206 g/mol. The fourth-order valence-corrected chi connectivity index (χ4v) is 6.45. The van der Waals surface area contributed by atoms with Crippen LogP contribution in [0.1, 0.15) is 54.4 Å². The Morgan fingerprint density at radius 1 is 0.933 bits per heavy atom. The topological polar surface area (TPSA) is 0 Å². The van der Waals surface area contributed by atoms with Crippen LogP contribution in [0.15, 0.2) is 0 Å². The van der Waals surface area contributed by atoms with Crippen molar-refractivity contribution in [2.24, 2.45) is 39.9 Å². The minimum absolute atomic E-state index is 0.561.